The number of hydrogen-bond donors (Lipinski definition) is 2. The summed E-state index contributed by atoms with van der Waals surface area (Å²) in [5.74, 6) is 2.70. The summed E-state index contributed by atoms with van der Waals surface area (Å²) < 4.78 is 6.21. The zero-order chi connectivity index (χ0) is 19.3. The predicted octanol–water partition coefficient (Wildman–Crippen LogP) is 3.84. The molecule has 2 aliphatic carbocycles. The normalized spacial score (nSPS) is 40.2. The number of unbranched alkanes of at least 4 members (excludes halogenated alkanes) is 2. The van der Waals surface area contributed by atoms with E-state index < -0.39 is 0 Å². The van der Waals surface area contributed by atoms with Gasteiger partial charge >= 0.3 is 0 Å². The number of piperidine rings is 1. The molecular formula is C23H43NO3. The first kappa shape index (κ1) is 21.5. The lowest BCUT2D eigenvalue weighted by Gasteiger charge is -2.49. The smallest absolute Gasteiger partial charge is 0.0587 e. The van der Waals surface area contributed by atoms with Gasteiger partial charge in [-0.15, -0.1) is 0 Å². The van der Waals surface area contributed by atoms with E-state index in [0.717, 1.165) is 69.7 Å². The van der Waals surface area contributed by atoms with Crippen molar-refractivity contribution in [1.82, 2.24) is 4.90 Å². The molecule has 0 aromatic heterocycles. The molecule has 1 saturated heterocycles. The number of hydrogen-bond acceptors (Lipinski definition) is 4. The minimum absolute atomic E-state index is 0.152. The summed E-state index contributed by atoms with van der Waals surface area (Å²) in [5, 5.41) is 19.3. The Kier molecular flexibility index (Phi) is 8.02. The van der Waals surface area contributed by atoms with Crippen molar-refractivity contribution in [3.05, 3.63) is 0 Å². The fourth-order valence-electron chi connectivity index (χ4n) is 6.63. The topological polar surface area (TPSA) is 52.9 Å². The van der Waals surface area contributed by atoms with E-state index in [9.17, 15) is 10.2 Å². The fourth-order valence-corrected chi connectivity index (χ4v) is 6.63. The van der Waals surface area contributed by atoms with E-state index in [0.29, 0.717) is 5.41 Å². The molecule has 3 fully saturated rings. The minimum Gasteiger partial charge on any atom is -0.395 e. The number of rotatable bonds is 9. The highest BCUT2D eigenvalue weighted by Crippen LogP contribution is 2.52. The molecule has 158 valence electrons. The van der Waals surface area contributed by atoms with E-state index in [-0.39, 0.29) is 18.8 Å². The number of ether oxygens (including phenoxy) is 1. The number of aliphatic hydroxyl groups is 2. The molecule has 0 spiro atoms. The molecule has 4 unspecified atom stereocenters. The van der Waals surface area contributed by atoms with Gasteiger partial charge in [-0.05, 0) is 93.9 Å². The lowest BCUT2D eigenvalue weighted by atomic mass is 9.57. The third-order valence-corrected chi connectivity index (χ3v) is 7.42. The SMILES string of the molecule is CC1CC2CC(C)CC(COCCCCCN3CCC(O)CC3CO)(C1)C2. The van der Waals surface area contributed by atoms with Crippen LogP contribution in [0.15, 0.2) is 0 Å². The number of aliphatic hydroxyl groups excluding tert-OH is 2. The summed E-state index contributed by atoms with van der Waals surface area (Å²) in [6.07, 6.45) is 11.9. The van der Waals surface area contributed by atoms with Crippen LogP contribution in [0.4, 0.5) is 0 Å². The fraction of sp³-hybridized carbons (Fsp3) is 1.00. The van der Waals surface area contributed by atoms with E-state index in [1.165, 1.54) is 38.5 Å². The van der Waals surface area contributed by atoms with Gasteiger partial charge in [-0.25, -0.2) is 0 Å². The zero-order valence-corrected chi connectivity index (χ0v) is 17.7. The van der Waals surface area contributed by atoms with Crippen molar-refractivity contribution in [2.75, 3.05) is 32.9 Å². The molecule has 4 nitrogen and oxygen atoms in total. The van der Waals surface area contributed by atoms with Crippen molar-refractivity contribution in [3.63, 3.8) is 0 Å². The molecule has 0 amide bonds. The van der Waals surface area contributed by atoms with Crippen molar-refractivity contribution in [2.45, 2.75) is 90.2 Å². The van der Waals surface area contributed by atoms with Gasteiger partial charge in [0, 0.05) is 19.2 Å². The van der Waals surface area contributed by atoms with Gasteiger partial charge in [-0.1, -0.05) is 13.8 Å². The quantitative estimate of drug-likeness (QED) is 0.596. The Morgan fingerprint density at radius 1 is 1.00 bits per heavy atom. The highest BCUT2D eigenvalue weighted by Gasteiger charge is 2.44. The molecule has 4 atom stereocenters. The van der Waals surface area contributed by atoms with E-state index in [2.05, 4.69) is 18.7 Å². The van der Waals surface area contributed by atoms with E-state index in [1.807, 2.05) is 0 Å². The number of fused-ring (bicyclic) bond motifs is 2. The summed E-state index contributed by atoms with van der Waals surface area (Å²) in [5.41, 5.74) is 0.475. The second-order valence-electron chi connectivity index (χ2n) is 10.3. The highest BCUT2D eigenvalue weighted by molar-refractivity contribution is 4.94. The average molecular weight is 382 g/mol. The van der Waals surface area contributed by atoms with Crippen molar-refractivity contribution in [2.24, 2.45) is 23.2 Å². The van der Waals surface area contributed by atoms with Crippen molar-refractivity contribution < 1.29 is 14.9 Å². The Balaban J connectivity index is 1.29. The molecule has 2 bridgehead atoms. The lowest BCUT2D eigenvalue weighted by molar-refractivity contribution is -0.0519. The van der Waals surface area contributed by atoms with Gasteiger partial charge in [-0.3, -0.25) is 4.90 Å². The van der Waals surface area contributed by atoms with Crippen LogP contribution in [-0.4, -0.2) is 60.2 Å². The van der Waals surface area contributed by atoms with Gasteiger partial charge in [0.25, 0.3) is 0 Å². The van der Waals surface area contributed by atoms with Gasteiger partial charge in [0.15, 0.2) is 0 Å². The third kappa shape index (κ3) is 6.16. The largest absolute Gasteiger partial charge is 0.395 e. The molecule has 3 rings (SSSR count). The summed E-state index contributed by atoms with van der Waals surface area (Å²) in [6, 6.07) is 0.152. The van der Waals surface area contributed by atoms with Crippen LogP contribution in [0.3, 0.4) is 0 Å². The molecule has 1 aliphatic heterocycles. The Hall–Kier alpha value is -0.160. The minimum atomic E-state index is -0.226. The lowest BCUT2D eigenvalue weighted by Crippen LogP contribution is -2.46. The molecule has 0 radical (unpaired) electrons. The molecule has 2 saturated carbocycles. The van der Waals surface area contributed by atoms with Gasteiger partial charge in [0.05, 0.1) is 19.3 Å². The maximum atomic E-state index is 9.74. The summed E-state index contributed by atoms with van der Waals surface area (Å²) in [6.45, 7) is 8.89. The molecule has 0 aromatic rings. The first-order valence-electron chi connectivity index (χ1n) is 11.6. The Bertz CT molecular complexity index is 424. The molecule has 4 heteroatoms. The summed E-state index contributed by atoms with van der Waals surface area (Å²) in [4.78, 5) is 2.36. The van der Waals surface area contributed by atoms with E-state index in [4.69, 9.17) is 4.74 Å². The Morgan fingerprint density at radius 2 is 1.74 bits per heavy atom. The van der Waals surface area contributed by atoms with Gasteiger partial charge in [0.1, 0.15) is 0 Å². The van der Waals surface area contributed by atoms with Gasteiger partial charge in [0.2, 0.25) is 0 Å². The standard InChI is InChI=1S/C23H43NO3/c1-18-10-20-11-19(2)14-23(13-18,15-20)17-27-9-5-3-4-7-24-8-6-22(26)12-21(24)16-25/h18-22,25-26H,3-17H2,1-2H3. The zero-order valence-electron chi connectivity index (χ0n) is 17.7. The molecule has 2 N–H and O–H groups in total. The first-order valence-corrected chi connectivity index (χ1v) is 11.6. The summed E-state index contributed by atoms with van der Waals surface area (Å²) >= 11 is 0. The second-order valence-corrected chi connectivity index (χ2v) is 10.3. The Labute approximate surface area is 166 Å². The van der Waals surface area contributed by atoms with Crippen LogP contribution in [0, 0.1) is 23.2 Å². The number of likely N-dealkylation sites (tertiary alicyclic amines) is 1. The van der Waals surface area contributed by atoms with Crippen LogP contribution in [-0.2, 0) is 4.74 Å². The molecule has 1 heterocycles. The van der Waals surface area contributed by atoms with Crippen LogP contribution >= 0.6 is 0 Å². The van der Waals surface area contributed by atoms with Crippen LogP contribution in [0.25, 0.3) is 0 Å². The van der Waals surface area contributed by atoms with Crippen LogP contribution in [0.5, 0.6) is 0 Å². The van der Waals surface area contributed by atoms with E-state index in [1.54, 1.807) is 0 Å². The van der Waals surface area contributed by atoms with E-state index >= 15 is 0 Å². The molecule has 0 aromatic carbocycles. The second kappa shape index (κ2) is 10.0. The Morgan fingerprint density at radius 3 is 2.44 bits per heavy atom. The maximum Gasteiger partial charge on any atom is 0.0587 e. The molecular weight excluding hydrogens is 338 g/mol. The third-order valence-electron chi connectivity index (χ3n) is 7.42. The van der Waals surface area contributed by atoms with Crippen molar-refractivity contribution in [1.29, 1.82) is 0 Å². The molecule has 3 aliphatic rings. The maximum absolute atomic E-state index is 9.74. The highest BCUT2D eigenvalue weighted by atomic mass is 16.5. The summed E-state index contributed by atoms with van der Waals surface area (Å²) in [7, 11) is 0. The van der Waals surface area contributed by atoms with Crippen LogP contribution in [0.2, 0.25) is 0 Å². The van der Waals surface area contributed by atoms with Gasteiger partial charge in [-0.2, -0.15) is 0 Å². The number of nitrogens with zero attached hydrogens (tertiary/aromatic N) is 1. The monoisotopic (exact) mass is 381 g/mol. The molecule has 27 heavy (non-hydrogen) atoms. The van der Waals surface area contributed by atoms with Crippen LogP contribution in [0.1, 0.15) is 78.1 Å². The average Bonchev–Trinajstić information content (AvgIpc) is 2.60. The first-order chi connectivity index (χ1) is 13.0. The van der Waals surface area contributed by atoms with Crippen molar-refractivity contribution in [3.8, 4) is 0 Å². The van der Waals surface area contributed by atoms with Gasteiger partial charge < -0.3 is 14.9 Å². The van der Waals surface area contributed by atoms with Crippen molar-refractivity contribution >= 4 is 0 Å². The predicted molar refractivity (Wildman–Crippen MR) is 110 cm³/mol. The van der Waals surface area contributed by atoms with Crippen LogP contribution < -0.4 is 0 Å².